The van der Waals surface area contributed by atoms with Crippen LogP contribution in [0.1, 0.15) is 39.0 Å². The number of hydrogen-bond acceptors (Lipinski definition) is 6. The topological polar surface area (TPSA) is 74.1 Å². The summed E-state index contributed by atoms with van der Waals surface area (Å²) in [4.78, 5) is 0.238. The van der Waals surface area contributed by atoms with Gasteiger partial charge in [-0.15, -0.1) is 0 Å². The van der Waals surface area contributed by atoms with Crippen molar-refractivity contribution in [2.75, 3.05) is 16.7 Å². The summed E-state index contributed by atoms with van der Waals surface area (Å²) in [5.74, 6) is 0. The molecular weight excluding hydrogens is 312 g/mol. The first-order valence-corrected chi connectivity index (χ1v) is 9.71. The second-order valence-electron chi connectivity index (χ2n) is 5.73. The van der Waals surface area contributed by atoms with Crippen molar-refractivity contribution in [3.8, 4) is 0 Å². The van der Waals surface area contributed by atoms with Crippen LogP contribution in [0.25, 0.3) is 0 Å². The van der Waals surface area contributed by atoms with Crippen LogP contribution in [-0.4, -0.2) is 33.6 Å². The number of sulfone groups is 1. The summed E-state index contributed by atoms with van der Waals surface area (Å²) >= 11 is 0. The molecule has 1 aromatic carbocycles. The van der Waals surface area contributed by atoms with Gasteiger partial charge in [-0.3, -0.25) is 0 Å². The molecule has 1 aliphatic carbocycles. The van der Waals surface area contributed by atoms with E-state index in [0.717, 1.165) is 18.5 Å². The lowest BCUT2D eigenvalue weighted by Crippen LogP contribution is -2.23. The number of hydrazone groups is 2. The van der Waals surface area contributed by atoms with Gasteiger partial charge in [0.15, 0.2) is 9.84 Å². The van der Waals surface area contributed by atoms with Crippen molar-refractivity contribution in [2.45, 2.75) is 50.0 Å². The van der Waals surface area contributed by atoms with Crippen molar-refractivity contribution in [1.29, 1.82) is 0 Å². The number of benzene rings is 1. The third-order valence-corrected chi connectivity index (χ3v) is 5.05. The quantitative estimate of drug-likeness (QED) is 0.639. The first-order valence-electron chi connectivity index (χ1n) is 7.81. The fourth-order valence-corrected chi connectivity index (χ4v) is 3.42. The average molecular weight is 336 g/mol. The molecule has 0 amide bonds. The normalized spacial score (nSPS) is 16.4. The number of nitrogens with zero attached hydrogens (tertiary/aromatic N) is 3. The predicted octanol–water partition coefficient (Wildman–Crippen LogP) is 3.26. The lowest BCUT2D eigenvalue weighted by molar-refractivity contribution is 0.462. The molecule has 1 aromatic rings. The summed E-state index contributed by atoms with van der Waals surface area (Å²) < 4.78 is 23.7. The monoisotopic (exact) mass is 336 g/mol. The van der Waals surface area contributed by atoms with Crippen LogP contribution in [0.5, 0.6) is 0 Å². The molecule has 7 heteroatoms. The van der Waals surface area contributed by atoms with Gasteiger partial charge in [0.1, 0.15) is 5.69 Å². The zero-order valence-electron chi connectivity index (χ0n) is 13.7. The van der Waals surface area contributed by atoms with Gasteiger partial charge in [0.2, 0.25) is 0 Å². The third-order valence-electron chi connectivity index (χ3n) is 3.94. The van der Waals surface area contributed by atoms with Gasteiger partial charge in [-0.05, 0) is 38.0 Å². The first-order chi connectivity index (χ1) is 11.0. The van der Waals surface area contributed by atoms with E-state index in [4.69, 9.17) is 0 Å². The maximum Gasteiger partial charge on any atom is 0.175 e. The van der Waals surface area contributed by atoms with Gasteiger partial charge in [-0.2, -0.15) is 15.3 Å². The van der Waals surface area contributed by atoms with Crippen molar-refractivity contribution in [2.24, 2.45) is 10.2 Å². The Morgan fingerprint density at radius 1 is 1.30 bits per heavy atom. The van der Waals surface area contributed by atoms with Crippen LogP contribution in [0.15, 0.2) is 33.3 Å². The molecule has 2 rings (SSSR count). The van der Waals surface area contributed by atoms with Gasteiger partial charge in [-0.1, -0.05) is 19.3 Å². The highest BCUT2D eigenvalue weighted by Gasteiger charge is 2.19. The Morgan fingerprint density at radius 3 is 2.57 bits per heavy atom. The van der Waals surface area contributed by atoms with E-state index in [1.165, 1.54) is 30.6 Å². The molecule has 126 valence electrons. The lowest BCUT2D eigenvalue weighted by Gasteiger charge is -2.26. The molecule has 0 aliphatic heterocycles. The molecule has 0 radical (unpaired) electrons. The molecule has 0 atom stereocenters. The number of nitrogens with one attached hydrogen (secondary N) is 1. The van der Waals surface area contributed by atoms with Crippen LogP contribution < -0.4 is 10.4 Å². The highest BCUT2D eigenvalue weighted by molar-refractivity contribution is 7.90. The smallest absolute Gasteiger partial charge is 0.175 e. The minimum atomic E-state index is -3.30. The molecule has 1 fully saturated rings. The van der Waals surface area contributed by atoms with Gasteiger partial charge in [-0.25, -0.2) is 8.42 Å². The minimum Gasteiger partial charge on any atom is -0.381 e. The molecule has 0 spiro atoms. The van der Waals surface area contributed by atoms with Gasteiger partial charge in [0.05, 0.1) is 10.6 Å². The molecule has 1 aliphatic rings. The van der Waals surface area contributed by atoms with Crippen molar-refractivity contribution >= 4 is 34.1 Å². The standard InChI is InChI=1S/C16H24N4O2S/c1-4-18-20(17-2)16-12-14(23(3,21)22)10-11-15(16)19-13-8-6-5-7-9-13/h4,10-13,19H,2,5-9H2,1,3H3/b18-4-. The Kier molecular flexibility index (Phi) is 5.76. The van der Waals surface area contributed by atoms with E-state index in [1.54, 1.807) is 31.3 Å². The van der Waals surface area contributed by atoms with Gasteiger partial charge in [0, 0.05) is 25.2 Å². The Hall–Kier alpha value is -1.89. The number of rotatable bonds is 6. The number of anilines is 2. The number of hydrogen-bond donors (Lipinski definition) is 1. The SMILES string of the molecule is C=NN(/N=C\C)c1cc(S(C)(=O)=O)ccc1NC1CCCCC1. The molecule has 0 saturated heterocycles. The van der Waals surface area contributed by atoms with E-state index in [0.29, 0.717) is 11.7 Å². The predicted molar refractivity (Wildman–Crippen MR) is 96.2 cm³/mol. The van der Waals surface area contributed by atoms with E-state index in [2.05, 4.69) is 22.2 Å². The Labute approximate surface area is 138 Å². The average Bonchev–Trinajstić information content (AvgIpc) is 2.53. The second kappa shape index (κ2) is 7.59. The zero-order valence-corrected chi connectivity index (χ0v) is 14.5. The highest BCUT2D eigenvalue weighted by Crippen LogP contribution is 2.32. The van der Waals surface area contributed by atoms with Crippen LogP contribution in [0.2, 0.25) is 0 Å². The third kappa shape index (κ3) is 4.54. The fourth-order valence-electron chi connectivity index (χ4n) is 2.78. The van der Waals surface area contributed by atoms with E-state index < -0.39 is 9.84 Å². The van der Waals surface area contributed by atoms with Gasteiger partial charge >= 0.3 is 0 Å². The van der Waals surface area contributed by atoms with Gasteiger partial charge in [0.25, 0.3) is 0 Å². The Morgan fingerprint density at radius 2 is 2.00 bits per heavy atom. The molecule has 6 nitrogen and oxygen atoms in total. The van der Waals surface area contributed by atoms with Gasteiger partial charge < -0.3 is 5.32 Å². The van der Waals surface area contributed by atoms with Crippen LogP contribution in [0.4, 0.5) is 11.4 Å². The minimum absolute atomic E-state index is 0.238. The largest absolute Gasteiger partial charge is 0.381 e. The fraction of sp³-hybridized carbons (Fsp3) is 0.500. The van der Waals surface area contributed by atoms with Crippen LogP contribution in [0.3, 0.4) is 0 Å². The molecule has 0 aromatic heterocycles. The molecule has 1 saturated carbocycles. The van der Waals surface area contributed by atoms with E-state index in [-0.39, 0.29) is 4.90 Å². The Bertz CT molecular complexity index is 679. The summed E-state index contributed by atoms with van der Waals surface area (Å²) in [5.41, 5.74) is 1.41. The van der Waals surface area contributed by atoms with Crippen LogP contribution in [0, 0.1) is 0 Å². The zero-order chi connectivity index (χ0) is 16.9. The summed E-state index contributed by atoms with van der Waals surface area (Å²) in [7, 11) is -3.30. The lowest BCUT2D eigenvalue weighted by atomic mass is 9.95. The molecule has 0 unspecified atom stereocenters. The van der Waals surface area contributed by atoms with E-state index in [9.17, 15) is 8.42 Å². The van der Waals surface area contributed by atoms with Crippen molar-refractivity contribution in [3.05, 3.63) is 18.2 Å². The molecule has 0 heterocycles. The second-order valence-corrected chi connectivity index (χ2v) is 7.75. The molecular formula is C16H24N4O2S. The van der Waals surface area contributed by atoms with Crippen molar-refractivity contribution in [1.82, 2.24) is 0 Å². The maximum absolute atomic E-state index is 11.8. The summed E-state index contributed by atoms with van der Waals surface area (Å²) in [6.45, 7) is 5.29. The Balaban J connectivity index is 2.40. The van der Waals surface area contributed by atoms with E-state index in [1.807, 2.05) is 0 Å². The molecule has 1 N–H and O–H groups in total. The summed E-state index contributed by atoms with van der Waals surface area (Å²) in [5, 5.41) is 12.9. The summed E-state index contributed by atoms with van der Waals surface area (Å²) in [6.07, 6.45) is 8.72. The first kappa shape index (κ1) is 17.5. The summed E-state index contributed by atoms with van der Waals surface area (Å²) in [6, 6.07) is 5.37. The van der Waals surface area contributed by atoms with Crippen molar-refractivity contribution in [3.63, 3.8) is 0 Å². The molecule has 0 bridgehead atoms. The van der Waals surface area contributed by atoms with Crippen LogP contribution >= 0.6 is 0 Å². The van der Waals surface area contributed by atoms with Crippen molar-refractivity contribution < 1.29 is 8.42 Å². The molecule has 23 heavy (non-hydrogen) atoms. The van der Waals surface area contributed by atoms with E-state index >= 15 is 0 Å². The maximum atomic E-state index is 11.8. The van der Waals surface area contributed by atoms with Crippen LogP contribution in [-0.2, 0) is 9.84 Å². The highest BCUT2D eigenvalue weighted by atomic mass is 32.2.